The average molecular weight is 238 g/mol. The van der Waals surface area contributed by atoms with Crippen LogP contribution in [0.25, 0.3) is 11.1 Å². The lowest BCUT2D eigenvalue weighted by atomic mass is 10.1. The molecule has 0 spiro atoms. The first kappa shape index (κ1) is 11.3. The number of ether oxygens (including phenoxy) is 1. The lowest BCUT2D eigenvalue weighted by molar-refractivity contribution is 0.122. The summed E-state index contributed by atoms with van der Waals surface area (Å²) in [6.45, 7) is 3.55. The van der Waals surface area contributed by atoms with E-state index in [1.807, 2.05) is 6.07 Å². The van der Waals surface area contributed by atoms with E-state index in [4.69, 9.17) is 4.74 Å². The zero-order valence-corrected chi connectivity index (χ0v) is 10.3. The summed E-state index contributed by atoms with van der Waals surface area (Å²) < 4.78 is 5.36. The second-order valence-corrected chi connectivity index (χ2v) is 4.43. The molecule has 2 aromatic rings. The molecule has 0 unspecified atom stereocenters. The Balaban J connectivity index is 1.80. The second-order valence-electron chi connectivity index (χ2n) is 4.43. The highest BCUT2D eigenvalue weighted by Gasteiger charge is 2.11. The van der Waals surface area contributed by atoms with Crippen molar-refractivity contribution in [2.75, 3.05) is 31.2 Å². The van der Waals surface area contributed by atoms with Crippen LogP contribution in [0.3, 0.4) is 0 Å². The minimum atomic E-state index is 0.814. The molecule has 3 rings (SSSR count). The topological polar surface area (TPSA) is 12.5 Å². The summed E-state index contributed by atoms with van der Waals surface area (Å²) in [6.07, 6.45) is 0. The van der Waals surface area contributed by atoms with Gasteiger partial charge in [0.1, 0.15) is 0 Å². The summed E-state index contributed by atoms with van der Waals surface area (Å²) in [4.78, 5) is 2.32. The SMILES string of the molecule is [c]1cc(-c2ccccc2)ccc1N1CCOCC1. The molecule has 0 bridgehead atoms. The molecule has 0 saturated carbocycles. The van der Waals surface area contributed by atoms with Crippen molar-refractivity contribution in [3.8, 4) is 11.1 Å². The molecule has 2 aromatic carbocycles. The zero-order chi connectivity index (χ0) is 12.2. The third-order valence-corrected chi connectivity index (χ3v) is 3.26. The van der Waals surface area contributed by atoms with E-state index in [2.05, 4.69) is 53.4 Å². The Hall–Kier alpha value is -1.80. The summed E-state index contributed by atoms with van der Waals surface area (Å²) in [6, 6.07) is 20.2. The molecule has 0 aromatic heterocycles. The Kier molecular flexibility index (Phi) is 3.29. The van der Waals surface area contributed by atoms with E-state index < -0.39 is 0 Å². The van der Waals surface area contributed by atoms with Crippen molar-refractivity contribution in [1.29, 1.82) is 0 Å². The van der Waals surface area contributed by atoms with Gasteiger partial charge in [-0.15, -0.1) is 0 Å². The number of hydrogen-bond acceptors (Lipinski definition) is 2. The highest BCUT2D eigenvalue weighted by molar-refractivity contribution is 5.65. The molecule has 0 N–H and O–H groups in total. The molecule has 1 fully saturated rings. The zero-order valence-electron chi connectivity index (χ0n) is 10.3. The van der Waals surface area contributed by atoms with Crippen LogP contribution in [-0.4, -0.2) is 26.3 Å². The van der Waals surface area contributed by atoms with E-state index in [1.165, 1.54) is 11.1 Å². The molecule has 0 amide bonds. The predicted molar refractivity (Wildman–Crippen MR) is 73.7 cm³/mol. The van der Waals surface area contributed by atoms with Gasteiger partial charge in [-0.1, -0.05) is 36.4 Å². The maximum Gasteiger partial charge on any atom is 0.0642 e. The third kappa shape index (κ3) is 2.39. The molecule has 91 valence electrons. The largest absolute Gasteiger partial charge is 0.378 e. The van der Waals surface area contributed by atoms with Gasteiger partial charge in [0, 0.05) is 24.8 Å². The average Bonchev–Trinajstić information content (AvgIpc) is 2.49. The van der Waals surface area contributed by atoms with Crippen molar-refractivity contribution < 1.29 is 4.74 Å². The summed E-state index contributed by atoms with van der Waals surface area (Å²) in [7, 11) is 0. The third-order valence-electron chi connectivity index (χ3n) is 3.26. The van der Waals surface area contributed by atoms with Gasteiger partial charge in [-0.05, 0) is 23.3 Å². The Labute approximate surface area is 108 Å². The van der Waals surface area contributed by atoms with Crippen molar-refractivity contribution >= 4 is 5.69 Å². The normalized spacial score (nSPS) is 15.7. The lowest BCUT2D eigenvalue weighted by Crippen LogP contribution is -2.36. The van der Waals surface area contributed by atoms with Gasteiger partial charge >= 0.3 is 0 Å². The van der Waals surface area contributed by atoms with Crippen LogP contribution in [0.4, 0.5) is 5.69 Å². The summed E-state index contributed by atoms with van der Waals surface area (Å²) in [5, 5.41) is 0. The second kappa shape index (κ2) is 5.23. The molecule has 2 heteroatoms. The first-order valence-corrected chi connectivity index (χ1v) is 6.33. The molecule has 1 aliphatic rings. The van der Waals surface area contributed by atoms with Crippen LogP contribution < -0.4 is 4.90 Å². The first-order valence-electron chi connectivity index (χ1n) is 6.33. The van der Waals surface area contributed by atoms with Crippen molar-refractivity contribution in [3.63, 3.8) is 0 Å². The van der Waals surface area contributed by atoms with Crippen LogP contribution in [0.15, 0.2) is 48.5 Å². The number of hydrogen-bond donors (Lipinski definition) is 0. The number of rotatable bonds is 2. The van der Waals surface area contributed by atoms with Gasteiger partial charge in [0.25, 0.3) is 0 Å². The van der Waals surface area contributed by atoms with Crippen LogP contribution in [0.2, 0.25) is 0 Å². The van der Waals surface area contributed by atoms with Crippen LogP contribution in [0.5, 0.6) is 0 Å². The van der Waals surface area contributed by atoms with Gasteiger partial charge in [-0.3, -0.25) is 0 Å². The van der Waals surface area contributed by atoms with E-state index >= 15 is 0 Å². The smallest absolute Gasteiger partial charge is 0.0642 e. The van der Waals surface area contributed by atoms with Crippen LogP contribution in [0, 0.1) is 6.07 Å². The lowest BCUT2D eigenvalue weighted by Gasteiger charge is -2.28. The van der Waals surface area contributed by atoms with E-state index in [0.717, 1.165) is 32.0 Å². The maximum atomic E-state index is 5.36. The fraction of sp³-hybridized carbons (Fsp3) is 0.250. The number of nitrogens with zero attached hydrogens (tertiary/aromatic N) is 1. The van der Waals surface area contributed by atoms with Gasteiger partial charge in [0.2, 0.25) is 0 Å². The number of benzene rings is 2. The minimum absolute atomic E-state index is 0.814. The quantitative estimate of drug-likeness (QED) is 0.797. The van der Waals surface area contributed by atoms with Crippen molar-refractivity contribution in [2.24, 2.45) is 0 Å². The van der Waals surface area contributed by atoms with E-state index in [0.29, 0.717) is 0 Å². The molecule has 1 radical (unpaired) electrons. The molecule has 0 atom stereocenters. The highest BCUT2D eigenvalue weighted by atomic mass is 16.5. The molecular weight excluding hydrogens is 222 g/mol. The maximum absolute atomic E-state index is 5.36. The highest BCUT2D eigenvalue weighted by Crippen LogP contribution is 2.22. The summed E-state index contributed by atoms with van der Waals surface area (Å²) in [5.74, 6) is 0. The van der Waals surface area contributed by atoms with Gasteiger partial charge in [0.15, 0.2) is 0 Å². The molecule has 2 nitrogen and oxygen atoms in total. The summed E-state index contributed by atoms with van der Waals surface area (Å²) >= 11 is 0. The van der Waals surface area contributed by atoms with Crippen molar-refractivity contribution in [3.05, 3.63) is 54.6 Å². The van der Waals surface area contributed by atoms with Gasteiger partial charge in [0.05, 0.1) is 13.2 Å². The Morgan fingerprint density at radius 3 is 2.33 bits per heavy atom. The molecule has 18 heavy (non-hydrogen) atoms. The molecule has 1 heterocycles. The minimum Gasteiger partial charge on any atom is -0.378 e. The fourth-order valence-electron chi connectivity index (χ4n) is 2.23. The predicted octanol–water partition coefficient (Wildman–Crippen LogP) is 2.99. The summed E-state index contributed by atoms with van der Waals surface area (Å²) in [5.41, 5.74) is 3.62. The Morgan fingerprint density at radius 1 is 0.889 bits per heavy atom. The van der Waals surface area contributed by atoms with Gasteiger partial charge < -0.3 is 9.64 Å². The van der Waals surface area contributed by atoms with Gasteiger partial charge in [-0.25, -0.2) is 0 Å². The van der Waals surface area contributed by atoms with Crippen LogP contribution in [-0.2, 0) is 4.74 Å². The van der Waals surface area contributed by atoms with Crippen molar-refractivity contribution in [2.45, 2.75) is 0 Å². The first-order chi connectivity index (χ1) is 8.93. The Bertz CT molecular complexity index is 486. The molecule has 1 aliphatic heterocycles. The molecule has 0 aliphatic carbocycles. The van der Waals surface area contributed by atoms with Crippen LogP contribution in [0.1, 0.15) is 0 Å². The molecular formula is C16H16NO. The van der Waals surface area contributed by atoms with Crippen molar-refractivity contribution in [1.82, 2.24) is 0 Å². The number of anilines is 1. The van der Waals surface area contributed by atoms with E-state index in [-0.39, 0.29) is 0 Å². The molecule has 1 saturated heterocycles. The van der Waals surface area contributed by atoms with E-state index in [1.54, 1.807) is 0 Å². The van der Waals surface area contributed by atoms with E-state index in [9.17, 15) is 0 Å². The standard InChI is InChI=1S/C16H16NO/c1-2-4-14(5-3-1)15-6-8-16(9-7-15)17-10-12-18-13-11-17/h1-8H,10-13H2. The Morgan fingerprint density at radius 2 is 1.67 bits per heavy atom. The van der Waals surface area contributed by atoms with Crippen LogP contribution >= 0.6 is 0 Å². The monoisotopic (exact) mass is 238 g/mol. The fourth-order valence-corrected chi connectivity index (χ4v) is 2.23. The van der Waals surface area contributed by atoms with Gasteiger partial charge in [-0.2, -0.15) is 0 Å². The number of morpholine rings is 1.